The zero-order valence-corrected chi connectivity index (χ0v) is 13.1. The van der Waals surface area contributed by atoms with E-state index in [1.807, 2.05) is 0 Å². The number of benzene rings is 1. The second-order valence-corrected chi connectivity index (χ2v) is 6.31. The molecule has 1 heterocycles. The van der Waals surface area contributed by atoms with E-state index < -0.39 is 5.82 Å². The molecule has 2 aromatic rings. The average molecular weight is 320 g/mol. The zero-order valence-electron chi connectivity index (χ0n) is 12.3. The zero-order chi connectivity index (χ0) is 15.5. The van der Waals surface area contributed by atoms with Gasteiger partial charge in [-0.25, -0.2) is 9.37 Å². The molecule has 0 amide bonds. The molecule has 0 atom stereocenters. The highest BCUT2D eigenvalue weighted by Gasteiger charge is 2.16. The molecule has 0 fully saturated rings. The lowest BCUT2D eigenvalue weighted by Gasteiger charge is -2.06. The van der Waals surface area contributed by atoms with Gasteiger partial charge in [-0.05, 0) is 43.9 Å². The molecule has 0 radical (unpaired) electrons. The van der Waals surface area contributed by atoms with Crippen LogP contribution in [0.4, 0.5) is 9.52 Å². The van der Waals surface area contributed by atoms with Crippen molar-refractivity contribution in [3.63, 3.8) is 0 Å². The number of Topliss-reactive ketones (excluding diaryl/α,β-unsaturated/α-hetero) is 1. The fraction of sp³-hybridized carbons (Fsp3) is 0.375. The number of hydrogen-bond donors (Lipinski definition) is 1. The molecule has 22 heavy (non-hydrogen) atoms. The molecule has 0 saturated heterocycles. The summed E-state index contributed by atoms with van der Waals surface area (Å²) in [5, 5.41) is 3.82. The lowest BCUT2D eigenvalue weighted by Crippen LogP contribution is -2.14. The van der Waals surface area contributed by atoms with Crippen LogP contribution in [0.15, 0.2) is 18.2 Å². The number of rotatable bonds is 5. The standard InChI is InChI=1S/C16H17FN2O2S/c1-21-14-7-6-10(8-11(14)17)13(20)9-18-16-19-12-4-2-3-5-15(12)22-16/h6-8H,2-5,9H2,1H3,(H,18,19). The SMILES string of the molecule is COc1ccc(C(=O)CNc2nc3c(s2)CCCC3)cc1F. The summed E-state index contributed by atoms with van der Waals surface area (Å²) in [6.45, 7) is 0.109. The van der Waals surface area contributed by atoms with Crippen molar-refractivity contribution >= 4 is 22.3 Å². The molecule has 1 N–H and O–H groups in total. The van der Waals surface area contributed by atoms with Crippen LogP contribution in [0.1, 0.15) is 33.8 Å². The van der Waals surface area contributed by atoms with Gasteiger partial charge < -0.3 is 10.1 Å². The molecule has 1 aromatic carbocycles. The summed E-state index contributed by atoms with van der Waals surface area (Å²) < 4.78 is 18.5. The summed E-state index contributed by atoms with van der Waals surface area (Å²) >= 11 is 1.61. The van der Waals surface area contributed by atoms with Crippen molar-refractivity contribution in [2.24, 2.45) is 0 Å². The molecule has 1 aromatic heterocycles. The average Bonchev–Trinajstić information content (AvgIpc) is 2.95. The number of carbonyl (C=O) groups excluding carboxylic acids is 1. The van der Waals surface area contributed by atoms with Gasteiger partial charge in [-0.2, -0.15) is 0 Å². The minimum absolute atomic E-state index is 0.109. The Hall–Kier alpha value is -1.95. The number of halogens is 1. The summed E-state index contributed by atoms with van der Waals surface area (Å²) in [6, 6.07) is 4.24. The number of aromatic nitrogens is 1. The van der Waals surface area contributed by atoms with E-state index in [2.05, 4.69) is 10.3 Å². The quantitative estimate of drug-likeness (QED) is 0.857. The maximum absolute atomic E-state index is 13.6. The number of thiazole rings is 1. The molecule has 0 saturated carbocycles. The number of carbonyl (C=O) groups is 1. The maximum Gasteiger partial charge on any atom is 0.183 e. The second-order valence-electron chi connectivity index (χ2n) is 5.22. The lowest BCUT2D eigenvalue weighted by atomic mass is 10.0. The van der Waals surface area contributed by atoms with Crippen LogP contribution < -0.4 is 10.1 Å². The summed E-state index contributed by atoms with van der Waals surface area (Å²) in [6.07, 6.45) is 4.48. The Balaban J connectivity index is 1.64. The first-order valence-corrected chi connectivity index (χ1v) is 8.08. The molecule has 4 nitrogen and oxygen atoms in total. The van der Waals surface area contributed by atoms with E-state index >= 15 is 0 Å². The number of ketones is 1. The van der Waals surface area contributed by atoms with Crippen molar-refractivity contribution in [1.29, 1.82) is 0 Å². The highest BCUT2D eigenvalue weighted by atomic mass is 32.1. The van der Waals surface area contributed by atoms with E-state index in [0.29, 0.717) is 5.56 Å². The third-order valence-electron chi connectivity index (χ3n) is 3.72. The van der Waals surface area contributed by atoms with E-state index in [-0.39, 0.29) is 18.1 Å². The molecule has 0 unspecified atom stereocenters. The summed E-state index contributed by atoms with van der Waals surface area (Å²) in [5.74, 6) is -0.565. The van der Waals surface area contributed by atoms with Gasteiger partial charge in [0.15, 0.2) is 22.5 Å². The van der Waals surface area contributed by atoms with Crippen LogP contribution in [-0.2, 0) is 12.8 Å². The highest BCUT2D eigenvalue weighted by molar-refractivity contribution is 7.15. The molecule has 6 heteroatoms. The van der Waals surface area contributed by atoms with Crippen molar-refractivity contribution in [3.05, 3.63) is 40.2 Å². The molecular formula is C16H17FN2O2S. The van der Waals surface area contributed by atoms with Crippen LogP contribution in [0.5, 0.6) is 5.75 Å². The van der Waals surface area contributed by atoms with Crippen LogP contribution in [0.2, 0.25) is 0 Å². The van der Waals surface area contributed by atoms with E-state index in [0.717, 1.165) is 23.7 Å². The van der Waals surface area contributed by atoms with Gasteiger partial charge in [-0.3, -0.25) is 4.79 Å². The van der Waals surface area contributed by atoms with Crippen LogP contribution in [0, 0.1) is 5.82 Å². The van der Waals surface area contributed by atoms with Gasteiger partial charge >= 0.3 is 0 Å². The minimum Gasteiger partial charge on any atom is -0.494 e. The predicted octanol–water partition coefficient (Wildman–Crippen LogP) is 3.46. The van der Waals surface area contributed by atoms with Gasteiger partial charge in [0.2, 0.25) is 0 Å². The minimum atomic E-state index is -0.530. The maximum atomic E-state index is 13.6. The number of hydrogen-bond acceptors (Lipinski definition) is 5. The summed E-state index contributed by atoms with van der Waals surface area (Å²) in [5.41, 5.74) is 1.48. The van der Waals surface area contributed by atoms with E-state index in [9.17, 15) is 9.18 Å². The van der Waals surface area contributed by atoms with Crippen molar-refractivity contribution in [2.75, 3.05) is 19.0 Å². The number of fused-ring (bicyclic) bond motifs is 1. The van der Waals surface area contributed by atoms with E-state index in [4.69, 9.17) is 4.74 Å². The van der Waals surface area contributed by atoms with Crippen molar-refractivity contribution in [2.45, 2.75) is 25.7 Å². The van der Waals surface area contributed by atoms with Gasteiger partial charge in [0.25, 0.3) is 0 Å². The highest BCUT2D eigenvalue weighted by Crippen LogP contribution is 2.29. The Bertz CT molecular complexity index is 676. The topological polar surface area (TPSA) is 51.2 Å². The van der Waals surface area contributed by atoms with Gasteiger partial charge in [0.1, 0.15) is 0 Å². The Labute approximate surface area is 132 Å². The number of nitrogens with zero attached hydrogens (tertiary/aromatic N) is 1. The van der Waals surface area contributed by atoms with Crippen LogP contribution >= 0.6 is 11.3 Å². The van der Waals surface area contributed by atoms with Crippen LogP contribution in [0.3, 0.4) is 0 Å². The largest absolute Gasteiger partial charge is 0.494 e. The molecule has 3 rings (SSSR count). The van der Waals surface area contributed by atoms with E-state index in [1.165, 1.54) is 37.0 Å². The molecule has 0 aliphatic heterocycles. The number of nitrogens with one attached hydrogen (secondary N) is 1. The van der Waals surface area contributed by atoms with Crippen LogP contribution in [-0.4, -0.2) is 24.4 Å². The van der Waals surface area contributed by atoms with Gasteiger partial charge in [0, 0.05) is 10.4 Å². The van der Waals surface area contributed by atoms with Crippen molar-refractivity contribution in [3.8, 4) is 5.75 Å². The molecule has 0 bridgehead atoms. The number of ether oxygens (including phenoxy) is 1. The third kappa shape index (κ3) is 3.11. The normalized spacial score (nSPS) is 13.5. The fourth-order valence-electron chi connectivity index (χ4n) is 2.53. The number of aryl methyl sites for hydroxylation is 2. The van der Waals surface area contributed by atoms with Crippen LogP contribution in [0.25, 0.3) is 0 Å². The lowest BCUT2D eigenvalue weighted by molar-refractivity contribution is 0.101. The van der Waals surface area contributed by atoms with Gasteiger partial charge in [0.05, 0.1) is 19.3 Å². The molecule has 1 aliphatic carbocycles. The Morgan fingerprint density at radius 3 is 2.95 bits per heavy atom. The van der Waals surface area contributed by atoms with Crippen molar-refractivity contribution in [1.82, 2.24) is 4.98 Å². The molecule has 1 aliphatic rings. The third-order valence-corrected chi connectivity index (χ3v) is 4.83. The van der Waals surface area contributed by atoms with Gasteiger partial charge in [-0.1, -0.05) is 0 Å². The monoisotopic (exact) mass is 320 g/mol. The smallest absolute Gasteiger partial charge is 0.183 e. The number of methoxy groups -OCH3 is 1. The predicted molar refractivity (Wildman–Crippen MR) is 84.5 cm³/mol. The van der Waals surface area contributed by atoms with Crippen molar-refractivity contribution < 1.29 is 13.9 Å². The first kappa shape index (κ1) is 15.0. The summed E-state index contributed by atoms with van der Waals surface area (Å²) in [7, 11) is 1.39. The number of anilines is 1. The Kier molecular flexibility index (Phi) is 4.38. The van der Waals surface area contributed by atoms with E-state index in [1.54, 1.807) is 17.4 Å². The summed E-state index contributed by atoms with van der Waals surface area (Å²) in [4.78, 5) is 18.0. The fourth-order valence-corrected chi connectivity index (χ4v) is 3.57. The Morgan fingerprint density at radius 1 is 1.41 bits per heavy atom. The molecule has 116 valence electrons. The van der Waals surface area contributed by atoms with Gasteiger partial charge in [-0.15, -0.1) is 11.3 Å². The first-order valence-electron chi connectivity index (χ1n) is 7.26. The second kappa shape index (κ2) is 6.44. The first-order chi connectivity index (χ1) is 10.7. The molecule has 0 spiro atoms. The molecular weight excluding hydrogens is 303 g/mol. The Morgan fingerprint density at radius 2 is 2.23 bits per heavy atom.